The third-order valence-electron chi connectivity index (χ3n) is 3.45. The average Bonchev–Trinajstić information content (AvgIpc) is 2.61. The van der Waals surface area contributed by atoms with Gasteiger partial charge in [-0.2, -0.15) is 0 Å². The van der Waals surface area contributed by atoms with E-state index in [0.29, 0.717) is 0 Å². The van der Waals surface area contributed by atoms with Gasteiger partial charge in [-0.05, 0) is 43.0 Å². The summed E-state index contributed by atoms with van der Waals surface area (Å²) < 4.78 is 2.39. The summed E-state index contributed by atoms with van der Waals surface area (Å²) in [6.07, 6.45) is 3.47. The summed E-state index contributed by atoms with van der Waals surface area (Å²) in [5.41, 5.74) is 4.13. The van der Waals surface area contributed by atoms with Crippen LogP contribution in [0.3, 0.4) is 0 Å². The van der Waals surface area contributed by atoms with Gasteiger partial charge in [0.05, 0.1) is 0 Å². The molecule has 0 saturated carbocycles. The lowest BCUT2D eigenvalue weighted by molar-refractivity contribution is 0.477. The fourth-order valence-corrected chi connectivity index (χ4v) is 2.28. The standard InChI is InChI=1S/C15H21N/c1-5-11(2)10-16-7-6-14-13(4)8-12(3)9-15(14)16/h6-9,11H,5,10H2,1-4H3. The normalized spacial score (nSPS) is 13.2. The van der Waals surface area contributed by atoms with Gasteiger partial charge < -0.3 is 4.57 Å². The van der Waals surface area contributed by atoms with E-state index >= 15 is 0 Å². The molecule has 0 radical (unpaired) electrons. The Morgan fingerprint density at radius 2 is 2.00 bits per heavy atom. The Hall–Kier alpha value is -1.24. The van der Waals surface area contributed by atoms with Gasteiger partial charge in [0.1, 0.15) is 0 Å². The molecule has 2 aromatic rings. The monoisotopic (exact) mass is 215 g/mol. The maximum Gasteiger partial charge on any atom is 0.0485 e. The van der Waals surface area contributed by atoms with Gasteiger partial charge in [0.25, 0.3) is 0 Å². The van der Waals surface area contributed by atoms with Crippen molar-refractivity contribution in [2.45, 2.75) is 40.7 Å². The van der Waals surface area contributed by atoms with E-state index in [1.54, 1.807) is 0 Å². The number of rotatable bonds is 3. The minimum absolute atomic E-state index is 0.747. The molecule has 0 bridgehead atoms. The van der Waals surface area contributed by atoms with Crippen LogP contribution in [0.1, 0.15) is 31.4 Å². The summed E-state index contributed by atoms with van der Waals surface area (Å²) in [6.45, 7) is 10.1. The minimum Gasteiger partial charge on any atom is -0.347 e. The minimum atomic E-state index is 0.747. The molecule has 0 aliphatic carbocycles. The van der Waals surface area contributed by atoms with E-state index in [1.807, 2.05) is 0 Å². The van der Waals surface area contributed by atoms with Crippen LogP contribution in [-0.4, -0.2) is 4.57 Å². The molecule has 1 unspecified atom stereocenters. The summed E-state index contributed by atoms with van der Waals surface area (Å²) >= 11 is 0. The summed E-state index contributed by atoms with van der Waals surface area (Å²) in [6, 6.07) is 6.80. The highest BCUT2D eigenvalue weighted by molar-refractivity contribution is 5.84. The summed E-state index contributed by atoms with van der Waals surface area (Å²) in [5, 5.41) is 1.40. The molecule has 86 valence electrons. The Kier molecular flexibility index (Phi) is 3.04. The van der Waals surface area contributed by atoms with Crippen LogP contribution >= 0.6 is 0 Å². The first kappa shape index (κ1) is 11.3. The largest absolute Gasteiger partial charge is 0.347 e. The quantitative estimate of drug-likeness (QED) is 0.719. The number of fused-ring (bicyclic) bond motifs is 1. The van der Waals surface area contributed by atoms with Gasteiger partial charge in [0.15, 0.2) is 0 Å². The molecule has 0 aliphatic heterocycles. The molecule has 0 amide bonds. The van der Waals surface area contributed by atoms with Crippen molar-refractivity contribution in [3.63, 3.8) is 0 Å². The van der Waals surface area contributed by atoms with Crippen LogP contribution in [0.2, 0.25) is 0 Å². The first-order valence-corrected chi connectivity index (χ1v) is 6.18. The van der Waals surface area contributed by atoms with Crippen molar-refractivity contribution in [2.75, 3.05) is 0 Å². The molecular weight excluding hydrogens is 194 g/mol. The van der Waals surface area contributed by atoms with Gasteiger partial charge in [-0.1, -0.05) is 26.3 Å². The first-order chi connectivity index (χ1) is 7.61. The van der Waals surface area contributed by atoms with Gasteiger partial charge in [-0.15, -0.1) is 0 Å². The van der Waals surface area contributed by atoms with Crippen LogP contribution in [-0.2, 0) is 6.54 Å². The lowest BCUT2D eigenvalue weighted by atomic mass is 10.1. The molecule has 2 rings (SSSR count). The molecule has 0 spiro atoms. The summed E-state index contributed by atoms with van der Waals surface area (Å²) in [4.78, 5) is 0. The first-order valence-electron chi connectivity index (χ1n) is 6.18. The number of nitrogens with zero attached hydrogens (tertiary/aromatic N) is 1. The lowest BCUT2D eigenvalue weighted by Gasteiger charge is -2.11. The second-order valence-electron chi connectivity index (χ2n) is 5.00. The van der Waals surface area contributed by atoms with Crippen LogP contribution in [0, 0.1) is 19.8 Å². The topological polar surface area (TPSA) is 4.93 Å². The highest BCUT2D eigenvalue weighted by atomic mass is 15.0. The third kappa shape index (κ3) is 1.99. The van der Waals surface area contributed by atoms with Crippen molar-refractivity contribution in [1.29, 1.82) is 0 Å². The van der Waals surface area contributed by atoms with Crippen molar-refractivity contribution in [3.8, 4) is 0 Å². The molecule has 1 aromatic heterocycles. The van der Waals surface area contributed by atoms with Gasteiger partial charge in [-0.25, -0.2) is 0 Å². The number of aryl methyl sites for hydroxylation is 2. The predicted octanol–water partition coefficient (Wildman–Crippen LogP) is 4.30. The SMILES string of the molecule is CCC(C)Cn1ccc2c(C)cc(C)cc21. The molecule has 0 aliphatic rings. The second kappa shape index (κ2) is 4.32. The van der Waals surface area contributed by atoms with E-state index in [0.717, 1.165) is 12.5 Å². The molecular formula is C15H21N. The van der Waals surface area contributed by atoms with Crippen molar-refractivity contribution in [2.24, 2.45) is 5.92 Å². The maximum atomic E-state index is 2.39. The van der Waals surface area contributed by atoms with Gasteiger partial charge in [0, 0.05) is 23.6 Å². The zero-order valence-corrected chi connectivity index (χ0v) is 10.7. The molecule has 1 atom stereocenters. The Balaban J connectivity index is 2.47. The number of hydrogen-bond donors (Lipinski definition) is 0. The second-order valence-corrected chi connectivity index (χ2v) is 5.00. The molecule has 16 heavy (non-hydrogen) atoms. The zero-order chi connectivity index (χ0) is 11.7. The zero-order valence-electron chi connectivity index (χ0n) is 10.7. The number of hydrogen-bond acceptors (Lipinski definition) is 0. The van der Waals surface area contributed by atoms with Crippen LogP contribution < -0.4 is 0 Å². The van der Waals surface area contributed by atoms with Crippen molar-refractivity contribution >= 4 is 10.9 Å². The smallest absolute Gasteiger partial charge is 0.0485 e. The van der Waals surface area contributed by atoms with Crippen LogP contribution in [0.15, 0.2) is 24.4 Å². The Morgan fingerprint density at radius 3 is 2.69 bits per heavy atom. The fourth-order valence-electron chi connectivity index (χ4n) is 2.28. The van der Waals surface area contributed by atoms with E-state index in [1.165, 1.54) is 28.5 Å². The molecule has 1 nitrogen and oxygen atoms in total. The van der Waals surface area contributed by atoms with Crippen molar-refractivity contribution in [1.82, 2.24) is 4.57 Å². The Labute approximate surface area is 98.1 Å². The summed E-state index contributed by atoms with van der Waals surface area (Å²) in [5.74, 6) is 0.747. The number of aromatic nitrogens is 1. The van der Waals surface area contributed by atoms with Crippen molar-refractivity contribution in [3.05, 3.63) is 35.5 Å². The Morgan fingerprint density at radius 1 is 1.25 bits per heavy atom. The van der Waals surface area contributed by atoms with E-state index in [9.17, 15) is 0 Å². The molecule has 0 N–H and O–H groups in total. The number of benzene rings is 1. The third-order valence-corrected chi connectivity index (χ3v) is 3.45. The van der Waals surface area contributed by atoms with Gasteiger partial charge in [-0.3, -0.25) is 0 Å². The van der Waals surface area contributed by atoms with Crippen LogP contribution in [0.25, 0.3) is 10.9 Å². The molecule has 1 aromatic carbocycles. The van der Waals surface area contributed by atoms with E-state index in [2.05, 4.69) is 56.7 Å². The fraction of sp³-hybridized carbons (Fsp3) is 0.467. The molecule has 1 heteroatoms. The Bertz CT molecular complexity index is 493. The molecule has 0 fully saturated rings. The highest BCUT2D eigenvalue weighted by Crippen LogP contribution is 2.23. The van der Waals surface area contributed by atoms with E-state index in [-0.39, 0.29) is 0 Å². The predicted molar refractivity (Wildman–Crippen MR) is 70.9 cm³/mol. The van der Waals surface area contributed by atoms with Gasteiger partial charge in [0.2, 0.25) is 0 Å². The van der Waals surface area contributed by atoms with E-state index in [4.69, 9.17) is 0 Å². The lowest BCUT2D eigenvalue weighted by Crippen LogP contribution is -2.05. The van der Waals surface area contributed by atoms with Crippen LogP contribution in [0.5, 0.6) is 0 Å². The average molecular weight is 215 g/mol. The highest BCUT2D eigenvalue weighted by Gasteiger charge is 2.06. The maximum absolute atomic E-state index is 2.39. The van der Waals surface area contributed by atoms with Crippen LogP contribution in [0.4, 0.5) is 0 Å². The molecule has 1 heterocycles. The molecule has 0 saturated heterocycles. The van der Waals surface area contributed by atoms with Crippen molar-refractivity contribution < 1.29 is 0 Å². The summed E-state index contributed by atoms with van der Waals surface area (Å²) in [7, 11) is 0. The van der Waals surface area contributed by atoms with Gasteiger partial charge >= 0.3 is 0 Å². The van der Waals surface area contributed by atoms with E-state index < -0.39 is 0 Å².